The number of ether oxygens (including phenoxy) is 1. The lowest BCUT2D eigenvalue weighted by atomic mass is 9.93. The Morgan fingerprint density at radius 1 is 0.815 bits per heavy atom. The molecule has 140 valence electrons. The zero-order valence-electron chi connectivity index (χ0n) is 16.5. The summed E-state index contributed by atoms with van der Waals surface area (Å²) in [5.41, 5.74) is 5.24. The van der Waals surface area contributed by atoms with Crippen LogP contribution in [-0.2, 0) is 18.2 Å². The summed E-state index contributed by atoms with van der Waals surface area (Å²) in [6, 6.07) is 27.8. The van der Waals surface area contributed by atoms with Gasteiger partial charge in [-0.3, -0.25) is 0 Å². The lowest BCUT2D eigenvalue weighted by Crippen LogP contribution is -2.16. The quantitative estimate of drug-likeness (QED) is 0.393. The molecule has 2 unspecified atom stereocenters. The van der Waals surface area contributed by atoms with Crippen LogP contribution in [0.25, 0.3) is 0 Å². The Hall–Kier alpha value is -2.11. The highest BCUT2D eigenvalue weighted by atomic mass is 31.1. The molecule has 27 heavy (non-hydrogen) atoms. The largest absolute Gasteiger partial charge is 0.489 e. The molecule has 0 bridgehead atoms. The SMILES string of the molecule is CCC(C)(PC)c1cc(Cc2ccccc2)ccc1OCc1ccccc1. The van der Waals surface area contributed by atoms with Gasteiger partial charge in [-0.1, -0.05) is 86.6 Å². The van der Waals surface area contributed by atoms with E-state index in [0.717, 1.165) is 27.2 Å². The van der Waals surface area contributed by atoms with Crippen LogP contribution in [0.4, 0.5) is 0 Å². The van der Waals surface area contributed by atoms with E-state index >= 15 is 0 Å². The molecule has 0 amide bonds. The molecular formula is C25H29OP. The number of benzene rings is 3. The molecule has 3 rings (SSSR count). The molecule has 0 fully saturated rings. The second-order valence-electron chi connectivity index (χ2n) is 7.20. The van der Waals surface area contributed by atoms with Crippen molar-refractivity contribution in [2.24, 2.45) is 0 Å². The summed E-state index contributed by atoms with van der Waals surface area (Å²) < 4.78 is 6.28. The maximum Gasteiger partial charge on any atom is 0.123 e. The molecule has 1 nitrogen and oxygen atoms in total. The van der Waals surface area contributed by atoms with E-state index < -0.39 is 0 Å². The van der Waals surface area contributed by atoms with Gasteiger partial charge in [0.15, 0.2) is 0 Å². The molecule has 0 aliphatic carbocycles. The third-order valence-electron chi connectivity index (χ3n) is 5.39. The molecule has 0 N–H and O–H groups in total. The van der Waals surface area contributed by atoms with Gasteiger partial charge in [-0.05, 0) is 42.3 Å². The van der Waals surface area contributed by atoms with Crippen molar-refractivity contribution in [3.63, 3.8) is 0 Å². The topological polar surface area (TPSA) is 9.23 Å². The van der Waals surface area contributed by atoms with Crippen LogP contribution in [0.3, 0.4) is 0 Å². The molecule has 0 aliphatic heterocycles. The summed E-state index contributed by atoms with van der Waals surface area (Å²) in [5, 5.41) is 0.152. The van der Waals surface area contributed by atoms with Crippen molar-refractivity contribution in [1.29, 1.82) is 0 Å². The van der Waals surface area contributed by atoms with Crippen molar-refractivity contribution in [3.05, 3.63) is 101 Å². The predicted molar refractivity (Wildman–Crippen MR) is 118 cm³/mol. The third-order valence-corrected chi connectivity index (χ3v) is 7.11. The monoisotopic (exact) mass is 376 g/mol. The van der Waals surface area contributed by atoms with Gasteiger partial charge in [-0.15, -0.1) is 8.58 Å². The Bertz CT molecular complexity index is 839. The van der Waals surface area contributed by atoms with Crippen molar-refractivity contribution in [2.75, 3.05) is 6.66 Å². The van der Waals surface area contributed by atoms with Crippen LogP contribution in [0.1, 0.15) is 42.5 Å². The molecule has 3 aromatic carbocycles. The van der Waals surface area contributed by atoms with Crippen LogP contribution in [-0.4, -0.2) is 6.66 Å². The maximum atomic E-state index is 6.28. The number of hydrogen-bond acceptors (Lipinski definition) is 1. The molecule has 3 aromatic rings. The summed E-state index contributed by atoms with van der Waals surface area (Å²) in [4.78, 5) is 0. The zero-order chi connectivity index (χ0) is 19.1. The van der Waals surface area contributed by atoms with Gasteiger partial charge in [0.2, 0.25) is 0 Å². The predicted octanol–water partition coefficient (Wildman–Crippen LogP) is 6.79. The van der Waals surface area contributed by atoms with Gasteiger partial charge in [0, 0.05) is 10.7 Å². The average Bonchev–Trinajstić information content (AvgIpc) is 2.73. The first-order valence-corrected chi connectivity index (χ1v) is 11.2. The number of rotatable bonds is 8. The van der Waals surface area contributed by atoms with E-state index in [4.69, 9.17) is 4.74 Å². The van der Waals surface area contributed by atoms with E-state index in [9.17, 15) is 0 Å². The zero-order valence-corrected chi connectivity index (χ0v) is 17.5. The fourth-order valence-electron chi connectivity index (χ4n) is 3.31. The lowest BCUT2D eigenvalue weighted by Gasteiger charge is -2.30. The summed E-state index contributed by atoms with van der Waals surface area (Å²) in [6.07, 6.45) is 2.07. The molecule has 2 heteroatoms. The Balaban J connectivity index is 1.89. The molecule has 2 atom stereocenters. The molecule has 0 heterocycles. The van der Waals surface area contributed by atoms with E-state index in [1.165, 1.54) is 22.3 Å². The van der Waals surface area contributed by atoms with Crippen LogP contribution < -0.4 is 4.74 Å². The summed E-state index contributed by atoms with van der Waals surface area (Å²) in [6.45, 7) is 7.55. The average molecular weight is 376 g/mol. The highest BCUT2D eigenvalue weighted by molar-refractivity contribution is 7.38. The van der Waals surface area contributed by atoms with Gasteiger partial charge in [-0.2, -0.15) is 0 Å². The molecule has 0 aliphatic rings. The number of hydrogen-bond donors (Lipinski definition) is 0. The van der Waals surface area contributed by atoms with Crippen LogP contribution in [0.15, 0.2) is 78.9 Å². The minimum atomic E-state index is 0.152. The van der Waals surface area contributed by atoms with Crippen LogP contribution in [0.5, 0.6) is 5.75 Å². The van der Waals surface area contributed by atoms with Crippen molar-refractivity contribution < 1.29 is 4.74 Å². The summed E-state index contributed by atoms with van der Waals surface area (Å²) in [7, 11) is 0.831. The molecule has 0 saturated carbocycles. The fraction of sp³-hybridized carbons (Fsp3) is 0.280. The Labute approximate surface area is 165 Å². The Morgan fingerprint density at radius 3 is 2.04 bits per heavy atom. The highest BCUT2D eigenvalue weighted by Gasteiger charge is 2.26. The normalized spacial score (nSPS) is 13.6. The van der Waals surface area contributed by atoms with Crippen molar-refractivity contribution in [1.82, 2.24) is 0 Å². The first-order valence-electron chi connectivity index (χ1n) is 9.67. The summed E-state index contributed by atoms with van der Waals surface area (Å²) >= 11 is 0. The maximum absolute atomic E-state index is 6.28. The van der Waals surface area contributed by atoms with Gasteiger partial charge < -0.3 is 4.74 Å². The van der Waals surface area contributed by atoms with Gasteiger partial charge in [0.1, 0.15) is 12.4 Å². The van der Waals surface area contributed by atoms with E-state index in [1.807, 2.05) is 6.07 Å². The second kappa shape index (κ2) is 9.20. The van der Waals surface area contributed by atoms with Crippen LogP contribution in [0.2, 0.25) is 0 Å². The minimum absolute atomic E-state index is 0.152. The minimum Gasteiger partial charge on any atom is -0.489 e. The Morgan fingerprint density at radius 2 is 1.44 bits per heavy atom. The van der Waals surface area contributed by atoms with E-state index in [0.29, 0.717) is 6.61 Å². The molecule has 0 spiro atoms. The highest BCUT2D eigenvalue weighted by Crippen LogP contribution is 2.46. The molecule has 0 aromatic heterocycles. The van der Waals surface area contributed by atoms with Gasteiger partial charge in [0.25, 0.3) is 0 Å². The third kappa shape index (κ3) is 4.99. The second-order valence-corrected chi connectivity index (χ2v) is 8.81. The first-order chi connectivity index (χ1) is 13.1. The van der Waals surface area contributed by atoms with Gasteiger partial charge in [0.05, 0.1) is 0 Å². The van der Waals surface area contributed by atoms with Crippen molar-refractivity contribution in [3.8, 4) is 5.75 Å². The lowest BCUT2D eigenvalue weighted by molar-refractivity contribution is 0.299. The molecule has 0 saturated heterocycles. The van der Waals surface area contributed by atoms with E-state index in [2.05, 4.69) is 93.3 Å². The van der Waals surface area contributed by atoms with Gasteiger partial charge >= 0.3 is 0 Å². The van der Waals surface area contributed by atoms with Gasteiger partial charge in [-0.25, -0.2) is 0 Å². The first kappa shape index (κ1) is 19.6. The van der Waals surface area contributed by atoms with Crippen molar-refractivity contribution >= 4 is 8.58 Å². The summed E-state index contributed by atoms with van der Waals surface area (Å²) in [5.74, 6) is 1.02. The Kier molecular flexibility index (Phi) is 6.69. The molecule has 0 radical (unpaired) electrons. The standard InChI is InChI=1S/C25H29OP/c1-4-25(2,27-3)23-18-22(17-20-11-7-5-8-12-20)15-16-24(23)26-19-21-13-9-6-10-14-21/h5-16,18,27H,4,17,19H2,1-3H3. The van der Waals surface area contributed by atoms with Crippen molar-refractivity contribution in [2.45, 2.75) is 38.5 Å². The fourth-order valence-corrected chi connectivity index (χ4v) is 4.13. The van der Waals surface area contributed by atoms with Crippen LogP contribution in [0, 0.1) is 0 Å². The smallest absolute Gasteiger partial charge is 0.123 e. The molecular weight excluding hydrogens is 347 g/mol. The van der Waals surface area contributed by atoms with E-state index in [-0.39, 0.29) is 5.16 Å². The van der Waals surface area contributed by atoms with E-state index in [1.54, 1.807) is 0 Å². The van der Waals surface area contributed by atoms with Crippen LogP contribution >= 0.6 is 8.58 Å².